The Morgan fingerprint density at radius 3 is 1.73 bits per heavy atom. The largest absolute Gasteiger partial charge is 0.455 e. The lowest BCUT2D eigenvalue weighted by Gasteiger charge is -2.18. The van der Waals surface area contributed by atoms with E-state index in [1.54, 1.807) is 0 Å². The molecule has 0 N–H and O–H groups in total. The van der Waals surface area contributed by atoms with Gasteiger partial charge >= 0.3 is 0 Å². The van der Waals surface area contributed by atoms with Crippen molar-refractivity contribution in [1.29, 1.82) is 0 Å². The van der Waals surface area contributed by atoms with Crippen molar-refractivity contribution in [3.63, 3.8) is 0 Å². The highest BCUT2D eigenvalue weighted by Crippen LogP contribution is 2.44. The zero-order valence-corrected chi connectivity index (χ0v) is 29.6. The zero-order chi connectivity index (χ0) is 36.3. The quantitative estimate of drug-likeness (QED) is 0.168. The summed E-state index contributed by atoms with van der Waals surface area (Å²) in [6.07, 6.45) is 0. The molecule has 2 aromatic heterocycles. The second-order valence-corrected chi connectivity index (χ2v) is 13.9. The highest BCUT2D eigenvalue weighted by molar-refractivity contribution is 6.16. The number of benzene rings is 9. The number of furan rings is 1. The molecule has 0 atom stereocenters. The molecule has 0 bridgehead atoms. The van der Waals surface area contributed by atoms with Crippen LogP contribution in [0.15, 0.2) is 192 Å². The maximum absolute atomic E-state index is 6.57. The first kappa shape index (κ1) is 31.1. The SMILES string of the molecule is c1ccc(-c2ccccc2-c2nc(-c3c(-c4cc5ccccc5c5ccccc45)ccc4ccccc34)nc(-c3cccc4c3oc3ccccc34)n2)cc1. The molecule has 2 heterocycles. The summed E-state index contributed by atoms with van der Waals surface area (Å²) in [6.45, 7) is 0. The molecule has 55 heavy (non-hydrogen) atoms. The van der Waals surface area contributed by atoms with Crippen LogP contribution in [0.1, 0.15) is 0 Å². The van der Waals surface area contributed by atoms with Crippen molar-refractivity contribution in [2.45, 2.75) is 0 Å². The van der Waals surface area contributed by atoms with Crippen LogP contribution in [0.25, 0.3) is 111 Å². The second kappa shape index (κ2) is 12.6. The number of hydrogen-bond acceptors (Lipinski definition) is 4. The first-order valence-corrected chi connectivity index (χ1v) is 18.5. The van der Waals surface area contributed by atoms with Gasteiger partial charge in [0.15, 0.2) is 17.5 Å². The van der Waals surface area contributed by atoms with Crippen molar-refractivity contribution in [2.24, 2.45) is 0 Å². The Labute approximate surface area is 317 Å². The first-order chi connectivity index (χ1) is 27.3. The normalized spacial score (nSPS) is 11.6. The maximum atomic E-state index is 6.57. The third kappa shape index (κ3) is 5.11. The lowest BCUT2D eigenvalue weighted by atomic mass is 9.88. The van der Waals surface area contributed by atoms with Crippen molar-refractivity contribution in [2.75, 3.05) is 0 Å². The average Bonchev–Trinajstić information content (AvgIpc) is 3.65. The molecule has 4 heteroatoms. The predicted octanol–water partition coefficient (Wildman–Crippen LogP) is 13.6. The molecular formula is C51H31N3O. The van der Waals surface area contributed by atoms with E-state index in [2.05, 4.69) is 164 Å². The molecule has 0 unspecified atom stereocenters. The third-order valence-corrected chi connectivity index (χ3v) is 10.7. The molecule has 9 aromatic carbocycles. The molecule has 0 saturated heterocycles. The van der Waals surface area contributed by atoms with E-state index in [1.807, 2.05) is 24.3 Å². The average molecular weight is 702 g/mol. The van der Waals surface area contributed by atoms with Gasteiger partial charge in [-0.05, 0) is 72.8 Å². The molecule has 11 rings (SSSR count). The van der Waals surface area contributed by atoms with Gasteiger partial charge in [0.2, 0.25) is 0 Å². The van der Waals surface area contributed by atoms with Gasteiger partial charge < -0.3 is 4.42 Å². The van der Waals surface area contributed by atoms with Gasteiger partial charge in [-0.1, -0.05) is 170 Å². The van der Waals surface area contributed by atoms with Crippen LogP contribution in [0, 0.1) is 0 Å². The summed E-state index contributed by atoms with van der Waals surface area (Å²) in [6, 6.07) is 65.7. The summed E-state index contributed by atoms with van der Waals surface area (Å²) in [5.41, 5.74) is 8.60. The molecule has 4 nitrogen and oxygen atoms in total. The van der Waals surface area contributed by atoms with Crippen LogP contribution in [-0.4, -0.2) is 15.0 Å². The molecule has 0 saturated carbocycles. The van der Waals surface area contributed by atoms with Crippen molar-refractivity contribution in [3.05, 3.63) is 188 Å². The van der Waals surface area contributed by atoms with Crippen molar-refractivity contribution in [1.82, 2.24) is 15.0 Å². The van der Waals surface area contributed by atoms with Crippen LogP contribution in [0.5, 0.6) is 0 Å². The van der Waals surface area contributed by atoms with Gasteiger partial charge in [-0.3, -0.25) is 0 Å². The standard InChI is InChI=1S/C51H31N3O/c1-2-15-32(16-3-1)35-19-8-11-25-43(35)49-52-50(44-27-14-26-42-40-24-12-13-28-46(40)55-48(42)44)54-51(53-49)47-37-21-7-4-17-33(37)29-30-41(47)45-31-34-18-5-6-20-36(34)38-22-9-10-23-39(38)45/h1-31H. The van der Waals surface area contributed by atoms with E-state index < -0.39 is 0 Å². The summed E-state index contributed by atoms with van der Waals surface area (Å²) >= 11 is 0. The van der Waals surface area contributed by atoms with Gasteiger partial charge in [-0.2, -0.15) is 0 Å². The van der Waals surface area contributed by atoms with Crippen LogP contribution < -0.4 is 0 Å². The summed E-state index contributed by atoms with van der Waals surface area (Å²) in [4.78, 5) is 16.1. The summed E-state index contributed by atoms with van der Waals surface area (Å²) < 4.78 is 6.57. The Hall–Kier alpha value is -7.43. The van der Waals surface area contributed by atoms with Gasteiger partial charge in [0.05, 0.1) is 5.56 Å². The lowest BCUT2D eigenvalue weighted by Crippen LogP contribution is -2.03. The van der Waals surface area contributed by atoms with Crippen LogP contribution >= 0.6 is 0 Å². The molecule has 0 radical (unpaired) electrons. The minimum absolute atomic E-state index is 0.551. The minimum atomic E-state index is 0.551. The molecular weight excluding hydrogens is 671 g/mol. The van der Waals surface area contributed by atoms with E-state index in [-0.39, 0.29) is 0 Å². The Kier molecular flexibility index (Phi) is 7.14. The van der Waals surface area contributed by atoms with Crippen LogP contribution in [0.3, 0.4) is 0 Å². The predicted molar refractivity (Wildman–Crippen MR) is 227 cm³/mol. The monoisotopic (exact) mass is 701 g/mol. The Morgan fingerprint density at radius 2 is 0.891 bits per heavy atom. The van der Waals surface area contributed by atoms with Crippen LogP contribution in [-0.2, 0) is 0 Å². The van der Waals surface area contributed by atoms with Gasteiger partial charge in [0.25, 0.3) is 0 Å². The zero-order valence-electron chi connectivity index (χ0n) is 29.6. The summed E-state index contributed by atoms with van der Waals surface area (Å²) in [7, 11) is 0. The van der Waals surface area contributed by atoms with Crippen molar-refractivity contribution < 1.29 is 4.42 Å². The summed E-state index contributed by atoms with van der Waals surface area (Å²) in [5.74, 6) is 1.74. The Morgan fingerprint density at radius 1 is 0.309 bits per heavy atom. The number of rotatable bonds is 5. The number of nitrogens with zero attached hydrogens (tertiary/aromatic N) is 3. The highest BCUT2D eigenvalue weighted by Gasteiger charge is 2.23. The van der Waals surface area contributed by atoms with Gasteiger partial charge in [0.1, 0.15) is 11.2 Å². The van der Waals surface area contributed by atoms with Gasteiger partial charge in [0, 0.05) is 21.9 Å². The summed E-state index contributed by atoms with van der Waals surface area (Å²) in [5, 5.41) is 9.05. The third-order valence-electron chi connectivity index (χ3n) is 10.7. The molecule has 0 aliphatic heterocycles. The van der Waals surface area contributed by atoms with Gasteiger partial charge in [-0.25, -0.2) is 15.0 Å². The van der Waals surface area contributed by atoms with E-state index in [0.29, 0.717) is 17.5 Å². The smallest absolute Gasteiger partial charge is 0.167 e. The molecule has 256 valence electrons. The number of hydrogen-bond donors (Lipinski definition) is 0. The van der Waals surface area contributed by atoms with Crippen LogP contribution in [0.4, 0.5) is 0 Å². The highest BCUT2D eigenvalue weighted by atomic mass is 16.3. The Balaban J connectivity index is 1.26. The van der Waals surface area contributed by atoms with E-state index in [1.165, 1.54) is 21.5 Å². The lowest BCUT2D eigenvalue weighted by molar-refractivity contribution is 0.669. The fourth-order valence-corrected chi connectivity index (χ4v) is 8.21. The van der Waals surface area contributed by atoms with E-state index >= 15 is 0 Å². The van der Waals surface area contributed by atoms with E-state index in [0.717, 1.165) is 71.7 Å². The fourth-order valence-electron chi connectivity index (χ4n) is 8.21. The topological polar surface area (TPSA) is 51.8 Å². The minimum Gasteiger partial charge on any atom is -0.455 e. The Bertz CT molecular complexity index is 3270. The molecule has 0 fully saturated rings. The first-order valence-electron chi connectivity index (χ1n) is 18.5. The fraction of sp³-hybridized carbons (Fsp3) is 0. The molecule has 0 aliphatic carbocycles. The van der Waals surface area contributed by atoms with Crippen molar-refractivity contribution in [3.8, 4) is 56.4 Å². The van der Waals surface area contributed by atoms with E-state index in [4.69, 9.17) is 19.4 Å². The number of aromatic nitrogens is 3. The molecule has 0 aliphatic rings. The van der Waals surface area contributed by atoms with Gasteiger partial charge in [-0.15, -0.1) is 0 Å². The maximum Gasteiger partial charge on any atom is 0.167 e. The molecule has 0 amide bonds. The molecule has 11 aromatic rings. The van der Waals surface area contributed by atoms with Crippen LogP contribution in [0.2, 0.25) is 0 Å². The van der Waals surface area contributed by atoms with E-state index in [9.17, 15) is 0 Å². The molecule has 0 spiro atoms. The van der Waals surface area contributed by atoms with Crippen molar-refractivity contribution >= 4 is 54.3 Å². The second-order valence-electron chi connectivity index (χ2n) is 13.9. The number of fused-ring (bicyclic) bond motifs is 7. The number of para-hydroxylation sites is 2.